The second-order valence-electron chi connectivity index (χ2n) is 4.67. The molecule has 3 nitrogen and oxygen atoms in total. The monoisotopic (exact) mass is 243 g/mol. The first kappa shape index (κ1) is 12.8. The van der Waals surface area contributed by atoms with Gasteiger partial charge in [-0.1, -0.05) is 13.0 Å². The zero-order chi connectivity index (χ0) is 13.0. The average molecular weight is 243 g/mol. The summed E-state index contributed by atoms with van der Waals surface area (Å²) in [5, 5.41) is 3.42. The molecular weight excluding hydrogens is 222 g/mol. The number of hydrogen-bond donors (Lipinski definition) is 1. The zero-order valence-electron chi connectivity index (χ0n) is 11.4. The molecule has 3 heteroatoms. The Morgan fingerprint density at radius 1 is 1.33 bits per heavy atom. The molecule has 0 amide bonds. The van der Waals surface area contributed by atoms with E-state index >= 15 is 0 Å². The van der Waals surface area contributed by atoms with Crippen LogP contribution in [0.4, 0.5) is 0 Å². The molecule has 0 fully saturated rings. The summed E-state index contributed by atoms with van der Waals surface area (Å²) in [6, 6.07) is 8.73. The van der Waals surface area contributed by atoms with Crippen LogP contribution in [0.1, 0.15) is 36.8 Å². The third-order valence-corrected chi connectivity index (χ3v) is 3.07. The summed E-state index contributed by atoms with van der Waals surface area (Å²) in [4.78, 5) is 4.52. The van der Waals surface area contributed by atoms with Crippen molar-refractivity contribution in [2.75, 3.05) is 6.54 Å². The van der Waals surface area contributed by atoms with Gasteiger partial charge in [0.2, 0.25) is 0 Å². The first-order valence-corrected chi connectivity index (χ1v) is 6.50. The number of pyridine rings is 1. The fourth-order valence-electron chi connectivity index (χ4n) is 2.11. The van der Waals surface area contributed by atoms with Gasteiger partial charge in [-0.05, 0) is 44.2 Å². The van der Waals surface area contributed by atoms with Crippen LogP contribution in [0.25, 0.3) is 0 Å². The second kappa shape index (κ2) is 5.83. The fraction of sp³-hybridized carbons (Fsp3) is 0.400. The van der Waals surface area contributed by atoms with Crippen LogP contribution in [0.15, 0.2) is 36.7 Å². The van der Waals surface area contributed by atoms with Gasteiger partial charge in [0.15, 0.2) is 0 Å². The highest BCUT2D eigenvalue weighted by Gasteiger charge is 2.05. The Labute approximate surface area is 109 Å². The van der Waals surface area contributed by atoms with Gasteiger partial charge in [0, 0.05) is 24.1 Å². The molecule has 0 bridgehead atoms. The minimum absolute atomic E-state index is 0.404. The molecule has 1 unspecified atom stereocenters. The minimum atomic E-state index is 0.404. The molecule has 0 saturated heterocycles. The molecule has 2 rings (SSSR count). The Hall–Kier alpha value is -1.61. The van der Waals surface area contributed by atoms with Crippen LogP contribution in [0.5, 0.6) is 0 Å². The third-order valence-electron chi connectivity index (χ3n) is 3.07. The van der Waals surface area contributed by atoms with Crippen LogP contribution in [-0.2, 0) is 6.54 Å². The number of nitrogens with zero attached hydrogens (tertiary/aromatic N) is 2. The molecule has 0 aromatic carbocycles. The van der Waals surface area contributed by atoms with Gasteiger partial charge < -0.3 is 9.88 Å². The van der Waals surface area contributed by atoms with E-state index in [0.717, 1.165) is 24.5 Å². The maximum absolute atomic E-state index is 4.52. The van der Waals surface area contributed by atoms with Crippen molar-refractivity contribution in [3.05, 3.63) is 53.6 Å². The Balaban J connectivity index is 2.06. The first-order chi connectivity index (χ1) is 8.69. The lowest BCUT2D eigenvalue weighted by Gasteiger charge is -2.09. The number of nitrogens with one attached hydrogen (secondary N) is 1. The molecule has 2 heterocycles. The molecule has 1 N–H and O–H groups in total. The average Bonchev–Trinajstić information content (AvgIpc) is 2.78. The van der Waals surface area contributed by atoms with E-state index in [4.69, 9.17) is 0 Å². The number of aryl methyl sites for hydroxylation is 1. The Morgan fingerprint density at radius 3 is 2.89 bits per heavy atom. The van der Waals surface area contributed by atoms with E-state index < -0.39 is 0 Å². The predicted octanol–water partition coefficient (Wildman–Crippen LogP) is 2.91. The number of aromatic nitrogens is 2. The zero-order valence-corrected chi connectivity index (χ0v) is 11.4. The molecule has 0 radical (unpaired) electrons. The topological polar surface area (TPSA) is 29.9 Å². The molecule has 2 aromatic rings. The summed E-state index contributed by atoms with van der Waals surface area (Å²) < 4.78 is 2.19. The smallest absolute Gasteiger partial charge is 0.0642 e. The van der Waals surface area contributed by atoms with E-state index in [-0.39, 0.29) is 0 Å². The number of hydrogen-bond acceptors (Lipinski definition) is 2. The third kappa shape index (κ3) is 3.20. The molecule has 0 saturated carbocycles. The summed E-state index contributed by atoms with van der Waals surface area (Å²) >= 11 is 0. The van der Waals surface area contributed by atoms with Crippen molar-refractivity contribution >= 4 is 0 Å². The predicted molar refractivity (Wildman–Crippen MR) is 74.6 cm³/mol. The molecule has 0 aliphatic rings. The lowest BCUT2D eigenvalue weighted by atomic mass is 10.2. The van der Waals surface area contributed by atoms with Crippen molar-refractivity contribution in [3.63, 3.8) is 0 Å². The molecule has 18 heavy (non-hydrogen) atoms. The summed E-state index contributed by atoms with van der Waals surface area (Å²) in [6.45, 7) is 8.17. The summed E-state index contributed by atoms with van der Waals surface area (Å²) in [5.74, 6) is 0. The lowest BCUT2D eigenvalue weighted by molar-refractivity contribution is 0.596. The van der Waals surface area contributed by atoms with Crippen LogP contribution in [0, 0.1) is 6.92 Å². The van der Waals surface area contributed by atoms with Crippen LogP contribution in [-0.4, -0.2) is 16.1 Å². The van der Waals surface area contributed by atoms with Crippen LogP contribution in [0.3, 0.4) is 0 Å². The highest BCUT2D eigenvalue weighted by molar-refractivity contribution is 5.17. The minimum Gasteiger partial charge on any atom is -0.348 e. The lowest BCUT2D eigenvalue weighted by Crippen LogP contribution is -2.17. The molecule has 0 aliphatic heterocycles. The number of rotatable bonds is 5. The van der Waals surface area contributed by atoms with Crippen LogP contribution >= 0.6 is 0 Å². The molecule has 96 valence electrons. The highest BCUT2D eigenvalue weighted by Crippen LogP contribution is 2.13. The van der Waals surface area contributed by atoms with E-state index in [2.05, 4.69) is 59.3 Å². The maximum atomic E-state index is 4.52. The van der Waals surface area contributed by atoms with Crippen molar-refractivity contribution in [1.82, 2.24) is 14.9 Å². The Morgan fingerprint density at radius 2 is 2.17 bits per heavy atom. The molecule has 1 atom stereocenters. The first-order valence-electron chi connectivity index (χ1n) is 6.50. The van der Waals surface area contributed by atoms with E-state index in [1.54, 1.807) is 0 Å². The van der Waals surface area contributed by atoms with Gasteiger partial charge >= 0.3 is 0 Å². The maximum Gasteiger partial charge on any atom is 0.0642 e. The van der Waals surface area contributed by atoms with Gasteiger partial charge in [0.1, 0.15) is 0 Å². The Kier molecular flexibility index (Phi) is 4.15. The van der Waals surface area contributed by atoms with Crippen LogP contribution < -0.4 is 5.32 Å². The SMILES string of the molecule is CCNC(C)c1ccn(Cc2cccc(C)n2)c1. The van der Waals surface area contributed by atoms with E-state index in [1.807, 2.05) is 13.0 Å². The summed E-state index contributed by atoms with van der Waals surface area (Å²) in [5.41, 5.74) is 3.50. The van der Waals surface area contributed by atoms with Crippen molar-refractivity contribution in [2.45, 2.75) is 33.4 Å². The second-order valence-corrected chi connectivity index (χ2v) is 4.67. The largest absolute Gasteiger partial charge is 0.348 e. The van der Waals surface area contributed by atoms with Crippen molar-refractivity contribution in [3.8, 4) is 0 Å². The van der Waals surface area contributed by atoms with Crippen molar-refractivity contribution in [1.29, 1.82) is 0 Å². The van der Waals surface area contributed by atoms with E-state index in [0.29, 0.717) is 6.04 Å². The van der Waals surface area contributed by atoms with Gasteiger partial charge in [0.25, 0.3) is 0 Å². The van der Waals surface area contributed by atoms with Crippen molar-refractivity contribution in [2.24, 2.45) is 0 Å². The van der Waals surface area contributed by atoms with Gasteiger partial charge in [0.05, 0.1) is 12.2 Å². The van der Waals surface area contributed by atoms with Gasteiger partial charge in [-0.2, -0.15) is 0 Å². The van der Waals surface area contributed by atoms with Crippen molar-refractivity contribution < 1.29 is 0 Å². The van der Waals surface area contributed by atoms with E-state index in [1.165, 1.54) is 5.56 Å². The summed E-state index contributed by atoms with van der Waals surface area (Å²) in [7, 11) is 0. The van der Waals surface area contributed by atoms with Gasteiger partial charge in [-0.15, -0.1) is 0 Å². The van der Waals surface area contributed by atoms with E-state index in [9.17, 15) is 0 Å². The van der Waals surface area contributed by atoms with Gasteiger partial charge in [-0.3, -0.25) is 4.98 Å². The molecule has 0 aliphatic carbocycles. The molecule has 0 spiro atoms. The normalized spacial score (nSPS) is 12.6. The molecular formula is C15H21N3. The Bertz CT molecular complexity index is 502. The quantitative estimate of drug-likeness (QED) is 0.875. The summed E-state index contributed by atoms with van der Waals surface area (Å²) in [6.07, 6.45) is 4.31. The molecule has 2 aromatic heterocycles. The fourth-order valence-corrected chi connectivity index (χ4v) is 2.11. The van der Waals surface area contributed by atoms with Gasteiger partial charge in [-0.25, -0.2) is 0 Å². The highest BCUT2D eigenvalue weighted by atomic mass is 15.0. The standard InChI is InChI=1S/C15H21N3/c1-4-16-13(3)14-8-9-18(10-14)11-15-7-5-6-12(2)17-15/h5-10,13,16H,4,11H2,1-3H3. The van der Waals surface area contributed by atoms with Crippen LogP contribution in [0.2, 0.25) is 0 Å².